The summed E-state index contributed by atoms with van der Waals surface area (Å²) < 4.78 is 2.31. The van der Waals surface area contributed by atoms with E-state index in [4.69, 9.17) is 4.84 Å². The lowest BCUT2D eigenvalue weighted by atomic mass is 10.0. The molecule has 0 aliphatic rings. The number of hydrogen-bond acceptors (Lipinski definition) is 3. The Morgan fingerprint density at radius 3 is 2.27 bits per heavy atom. The molecule has 0 amide bonds. The molecule has 1 heterocycles. The number of phenols is 1. The van der Waals surface area contributed by atoms with Gasteiger partial charge in [-0.3, -0.25) is 0 Å². The predicted octanol–water partition coefficient (Wildman–Crippen LogP) is 6.07. The molecule has 0 radical (unpaired) electrons. The minimum atomic E-state index is 0.245. The summed E-state index contributed by atoms with van der Waals surface area (Å²) in [6, 6.07) is 25.9. The molecule has 4 aromatic rings. The summed E-state index contributed by atoms with van der Waals surface area (Å²) in [5.41, 5.74) is 5.53. The molecule has 0 aliphatic heterocycles. The summed E-state index contributed by atoms with van der Waals surface area (Å²) in [5.74, 6) is 0.522. The SMILES string of the molecule is CC(C)c1c(C=NOCc2ccccc2)c2cc(O)ccc2n1Cc1ccccc1. The number of hydrogen-bond donors (Lipinski definition) is 1. The van der Waals surface area contributed by atoms with Crippen LogP contribution in [0.5, 0.6) is 5.75 Å². The molecule has 0 saturated heterocycles. The van der Waals surface area contributed by atoms with Gasteiger partial charge in [0.25, 0.3) is 0 Å². The summed E-state index contributed by atoms with van der Waals surface area (Å²) in [6.07, 6.45) is 1.78. The van der Waals surface area contributed by atoms with Crippen LogP contribution in [0.3, 0.4) is 0 Å². The third-order valence-electron chi connectivity index (χ3n) is 5.19. The molecule has 3 aromatic carbocycles. The van der Waals surface area contributed by atoms with Crippen LogP contribution >= 0.6 is 0 Å². The van der Waals surface area contributed by atoms with Gasteiger partial charge in [-0.05, 0) is 35.2 Å². The van der Waals surface area contributed by atoms with Crippen LogP contribution in [0.1, 0.15) is 42.1 Å². The van der Waals surface area contributed by atoms with Crippen molar-refractivity contribution in [2.45, 2.75) is 32.9 Å². The minimum Gasteiger partial charge on any atom is -0.508 e. The van der Waals surface area contributed by atoms with E-state index in [1.807, 2.05) is 42.5 Å². The summed E-state index contributed by atoms with van der Waals surface area (Å²) in [4.78, 5) is 5.56. The van der Waals surface area contributed by atoms with Crippen LogP contribution in [-0.4, -0.2) is 15.9 Å². The fourth-order valence-corrected chi connectivity index (χ4v) is 3.86. The van der Waals surface area contributed by atoms with Gasteiger partial charge in [-0.2, -0.15) is 0 Å². The zero-order valence-corrected chi connectivity index (χ0v) is 17.3. The molecule has 0 fully saturated rings. The van der Waals surface area contributed by atoms with Crippen LogP contribution in [0.2, 0.25) is 0 Å². The molecule has 0 saturated carbocycles. The number of rotatable bonds is 7. The Balaban J connectivity index is 1.72. The lowest BCUT2D eigenvalue weighted by Crippen LogP contribution is -2.07. The Bertz CT molecular complexity index is 1150. The predicted molar refractivity (Wildman–Crippen MR) is 122 cm³/mol. The molecule has 0 unspecified atom stereocenters. The second-order valence-corrected chi connectivity index (χ2v) is 7.72. The van der Waals surface area contributed by atoms with E-state index in [1.165, 1.54) is 11.3 Å². The van der Waals surface area contributed by atoms with Crippen LogP contribution in [0.15, 0.2) is 84.0 Å². The second kappa shape index (κ2) is 8.87. The Kier molecular flexibility index (Phi) is 5.84. The standard InChI is InChI=1S/C26H26N2O2/c1-19(2)26-24(16-27-30-18-21-11-7-4-8-12-21)23-15-22(29)13-14-25(23)28(26)17-20-9-5-3-6-10-20/h3-16,19,29H,17-18H2,1-2H3. The molecule has 1 aromatic heterocycles. The van der Waals surface area contributed by atoms with Gasteiger partial charge in [0.05, 0.1) is 6.21 Å². The van der Waals surface area contributed by atoms with Crippen molar-refractivity contribution in [3.8, 4) is 5.75 Å². The number of benzene rings is 3. The van der Waals surface area contributed by atoms with Crippen molar-refractivity contribution < 1.29 is 9.94 Å². The largest absolute Gasteiger partial charge is 0.508 e. The zero-order valence-electron chi connectivity index (χ0n) is 17.3. The van der Waals surface area contributed by atoms with Crippen molar-refractivity contribution in [3.63, 3.8) is 0 Å². The van der Waals surface area contributed by atoms with Gasteiger partial charge in [0.15, 0.2) is 0 Å². The zero-order chi connectivity index (χ0) is 20.9. The molecule has 0 aliphatic carbocycles. The third kappa shape index (κ3) is 4.23. The Morgan fingerprint density at radius 1 is 0.933 bits per heavy atom. The van der Waals surface area contributed by atoms with Crippen LogP contribution in [0.25, 0.3) is 10.9 Å². The van der Waals surface area contributed by atoms with Gasteiger partial charge in [0, 0.05) is 28.7 Å². The molecule has 4 nitrogen and oxygen atoms in total. The maximum Gasteiger partial charge on any atom is 0.142 e. The summed E-state index contributed by atoms with van der Waals surface area (Å²) in [6.45, 7) is 5.53. The molecule has 4 heteroatoms. The fraction of sp³-hybridized carbons (Fsp3) is 0.192. The first-order chi connectivity index (χ1) is 14.6. The van der Waals surface area contributed by atoms with Crippen molar-refractivity contribution in [1.82, 2.24) is 4.57 Å². The Hall–Kier alpha value is -3.53. The van der Waals surface area contributed by atoms with E-state index in [0.29, 0.717) is 6.61 Å². The highest BCUT2D eigenvalue weighted by atomic mass is 16.6. The molecule has 0 bridgehead atoms. The summed E-state index contributed by atoms with van der Waals surface area (Å²) >= 11 is 0. The average Bonchev–Trinajstić information content (AvgIpc) is 3.05. The van der Waals surface area contributed by atoms with E-state index in [1.54, 1.807) is 18.3 Å². The van der Waals surface area contributed by atoms with Crippen LogP contribution in [0.4, 0.5) is 0 Å². The van der Waals surface area contributed by atoms with E-state index in [-0.39, 0.29) is 11.7 Å². The fourth-order valence-electron chi connectivity index (χ4n) is 3.86. The molecule has 0 atom stereocenters. The first kappa shape index (κ1) is 19.8. The maximum atomic E-state index is 10.1. The van der Waals surface area contributed by atoms with Gasteiger partial charge in [0.1, 0.15) is 12.4 Å². The number of nitrogens with zero attached hydrogens (tertiary/aromatic N) is 2. The number of oxime groups is 1. The van der Waals surface area contributed by atoms with Crippen molar-refractivity contribution in [3.05, 3.63) is 101 Å². The first-order valence-corrected chi connectivity index (χ1v) is 10.2. The maximum absolute atomic E-state index is 10.1. The molecule has 152 valence electrons. The number of fused-ring (bicyclic) bond motifs is 1. The number of phenolic OH excluding ortho intramolecular Hbond substituents is 1. The van der Waals surface area contributed by atoms with Crippen molar-refractivity contribution >= 4 is 17.1 Å². The Labute approximate surface area is 177 Å². The minimum absolute atomic E-state index is 0.245. The van der Waals surface area contributed by atoms with Gasteiger partial charge in [-0.25, -0.2) is 0 Å². The lowest BCUT2D eigenvalue weighted by Gasteiger charge is -2.14. The third-order valence-corrected chi connectivity index (χ3v) is 5.19. The quantitative estimate of drug-likeness (QED) is 0.303. The highest BCUT2D eigenvalue weighted by Gasteiger charge is 2.19. The van der Waals surface area contributed by atoms with Crippen LogP contribution in [0, 0.1) is 0 Å². The number of aromatic hydroxyl groups is 1. The molecule has 1 N–H and O–H groups in total. The Morgan fingerprint density at radius 2 is 1.60 bits per heavy atom. The highest BCUT2D eigenvalue weighted by molar-refractivity contribution is 6.02. The van der Waals surface area contributed by atoms with E-state index >= 15 is 0 Å². The molecule has 4 rings (SSSR count). The van der Waals surface area contributed by atoms with Gasteiger partial charge in [0.2, 0.25) is 0 Å². The van der Waals surface area contributed by atoms with Crippen LogP contribution < -0.4 is 0 Å². The van der Waals surface area contributed by atoms with E-state index < -0.39 is 0 Å². The van der Waals surface area contributed by atoms with E-state index in [0.717, 1.165) is 28.6 Å². The van der Waals surface area contributed by atoms with Gasteiger partial charge >= 0.3 is 0 Å². The monoisotopic (exact) mass is 398 g/mol. The normalized spacial score (nSPS) is 11.6. The smallest absolute Gasteiger partial charge is 0.142 e. The summed E-state index contributed by atoms with van der Waals surface area (Å²) in [5, 5.41) is 15.4. The number of aromatic nitrogens is 1. The molecular weight excluding hydrogens is 372 g/mol. The second-order valence-electron chi connectivity index (χ2n) is 7.72. The van der Waals surface area contributed by atoms with E-state index in [2.05, 4.69) is 47.8 Å². The van der Waals surface area contributed by atoms with Crippen molar-refractivity contribution in [2.75, 3.05) is 0 Å². The van der Waals surface area contributed by atoms with Crippen LogP contribution in [-0.2, 0) is 18.0 Å². The molecule has 30 heavy (non-hydrogen) atoms. The van der Waals surface area contributed by atoms with Crippen molar-refractivity contribution in [1.29, 1.82) is 0 Å². The summed E-state index contributed by atoms with van der Waals surface area (Å²) in [7, 11) is 0. The van der Waals surface area contributed by atoms with Gasteiger partial charge in [-0.1, -0.05) is 79.7 Å². The first-order valence-electron chi connectivity index (χ1n) is 10.2. The van der Waals surface area contributed by atoms with E-state index in [9.17, 15) is 5.11 Å². The average molecular weight is 399 g/mol. The van der Waals surface area contributed by atoms with Gasteiger partial charge in [-0.15, -0.1) is 0 Å². The van der Waals surface area contributed by atoms with Gasteiger partial charge < -0.3 is 14.5 Å². The topological polar surface area (TPSA) is 46.8 Å². The highest BCUT2D eigenvalue weighted by Crippen LogP contribution is 2.33. The molecular formula is C26H26N2O2. The molecule has 0 spiro atoms. The lowest BCUT2D eigenvalue weighted by molar-refractivity contribution is 0.132. The van der Waals surface area contributed by atoms with Crippen molar-refractivity contribution in [2.24, 2.45) is 5.16 Å².